The molecule has 1 N–H and O–H groups in total. The van der Waals surface area contributed by atoms with E-state index in [1.165, 1.54) is 5.56 Å². The van der Waals surface area contributed by atoms with Gasteiger partial charge in [-0.1, -0.05) is 37.3 Å². The molecule has 1 heterocycles. The fourth-order valence-electron chi connectivity index (χ4n) is 1.86. The smallest absolute Gasteiger partial charge is 0.183 e. The van der Waals surface area contributed by atoms with E-state index in [9.17, 15) is 0 Å². The van der Waals surface area contributed by atoms with Crippen molar-refractivity contribution in [3.05, 3.63) is 47.9 Å². The van der Waals surface area contributed by atoms with Gasteiger partial charge in [0.2, 0.25) is 0 Å². The number of allylic oxidation sites excluding steroid dienone is 1. The zero-order valence-corrected chi connectivity index (χ0v) is 9.23. The molecular formula is C13H17NO. The molecule has 0 amide bonds. The Morgan fingerprint density at radius 2 is 2.07 bits per heavy atom. The molecule has 1 aromatic rings. The fraction of sp³-hybridized carbons (Fsp3) is 0.385. The second-order valence-corrected chi connectivity index (χ2v) is 3.86. The molecule has 0 aliphatic carbocycles. The van der Waals surface area contributed by atoms with E-state index in [-0.39, 0.29) is 6.10 Å². The second-order valence-electron chi connectivity index (χ2n) is 3.86. The lowest BCUT2D eigenvalue weighted by atomic mass is 10.0. The third-order valence-electron chi connectivity index (χ3n) is 2.60. The molecule has 0 radical (unpaired) electrons. The van der Waals surface area contributed by atoms with Crippen LogP contribution in [0.3, 0.4) is 0 Å². The van der Waals surface area contributed by atoms with Crippen LogP contribution in [-0.4, -0.2) is 6.04 Å². The first-order chi connectivity index (χ1) is 7.31. The Balaban J connectivity index is 2.15. The standard InChI is InChI=1S/C13H17NO/c1-3-7-12-14-10(2)13(15-12)11-8-5-4-6-9-11/h4-10,13-14H,3H2,1-2H3/b12-7+. The van der Waals surface area contributed by atoms with Crippen molar-refractivity contribution in [3.63, 3.8) is 0 Å². The SMILES string of the molecule is CC/C=C1\NC(C)C(c2ccccc2)O1. The van der Waals surface area contributed by atoms with Crippen LogP contribution < -0.4 is 5.32 Å². The summed E-state index contributed by atoms with van der Waals surface area (Å²) in [6.45, 7) is 4.26. The Bertz CT molecular complexity index is 345. The van der Waals surface area contributed by atoms with Gasteiger partial charge < -0.3 is 10.1 Å². The lowest BCUT2D eigenvalue weighted by Gasteiger charge is -2.13. The quantitative estimate of drug-likeness (QED) is 0.797. The molecule has 1 aliphatic heterocycles. The summed E-state index contributed by atoms with van der Waals surface area (Å²) < 4.78 is 5.85. The van der Waals surface area contributed by atoms with Crippen LogP contribution >= 0.6 is 0 Å². The minimum atomic E-state index is 0.143. The molecule has 2 heteroatoms. The molecule has 0 saturated carbocycles. The van der Waals surface area contributed by atoms with Crippen LogP contribution in [0, 0.1) is 0 Å². The van der Waals surface area contributed by atoms with Gasteiger partial charge in [-0.3, -0.25) is 0 Å². The average molecular weight is 203 g/mol. The largest absolute Gasteiger partial charge is 0.469 e. The van der Waals surface area contributed by atoms with Crippen molar-refractivity contribution in [2.75, 3.05) is 0 Å². The molecule has 0 aromatic heterocycles. The van der Waals surface area contributed by atoms with Gasteiger partial charge in [-0.25, -0.2) is 0 Å². The molecule has 2 rings (SSSR count). The number of ether oxygens (including phenoxy) is 1. The lowest BCUT2D eigenvalue weighted by molar-refractivity contribution is 0.154. The summed E-state index contributed by atoms with van der Waals surface area (Å²) >= 11 is 0. The molecule has 15 heavy (non-hydrogen) atoms. The van der Waals surface area contributed by atoms with Crippen LogP contribution in [0.5, 0.6) is 0 Å². The molecule has 0 bridgehead atoms. The van der Waals surface area contributed by atoms with Gasteiger partial charge in [-0.15, -0.1) is 0 Å². The first-order valence-electron chi connectivity index (χ1n) is 5.49. The third-order valence-corrected chi connectivity index (χ3v) is 2.60. The maximum Gasteiger partial charge on any atom is 0.183 e. The van der Waals surface area contributed by atoms with Crippen molar-refractivity contribution in [1.82, 2.24) is 5.32 Å². The first kappa shape index (κ1) is 10.1. The number of hydrogen-bond acceptors (Lipinski definition) is 2. The maximum atomic E-state index is 5.85. The van der Waals surface area contributed by atoms with E-state index in [1.807, 2.05) is 18.2 Å². The topological polar surface area (TPSA) is 21.3 Å². The number of benzene rings is 1. The molecule has 80 valence electrons. The van der Waals surface area contributed by atoms with Crippen molar-refractivity contribution in [3.8, 4) is 0 Å². The molecule has 1 aromatic carbocycles. The predicted octanol–water partition coefficient (Wildman–Crippen LogP) is 2.99. The summed E-state index contributed by atoms with van der Waals surface area (Å²) in [5, 5.41) is 3.34. The van der Waals surface area contributed by atoms with E-state index in [1.54, 1.807) is 0 Å². The Hall–Kier alpha value is -1.44. The normalized spacial score (nSPS) is 27.5. The Kier molecular flexibility index (Phi) is 2.95. The van der Waals surface area contributed by atoms with E-state index in [0.717, 1.165) is 12.3 Å². The zero-order valence-electron chi connectivity index (χ0n) is 9.23. The molecule has 2 nitrogen and oxygen atoms in total. The van der Waals surface area contributed by atoms with Crippen molar-refractivity contribution >= 4 is 0 Å². The number of rotatable bonds is 2. The van der Waals surface area contributed by atoms with Crippen molar-refractivity contribution < 1.29 is 4.74 Å². The second kappa shape index (κ2) is 4.39. The minimum absolute atomic E-state index is 0.143. The van der Waals surface area contributed by atoms with Crippen molar-refractivity contribution in [2.24, 2.45) is 0 Å². The van der Waals surface area contributed by atoms with E-state index in [2.05, 4.69) is 37.4 Å². The van der Waals surface area contributed by atoms with Gasteiger partial charge in [-0.2, -0.15) is 0 Å². The Morgan fingerprint density at radius 3 is 2.73 bits per heavy atom. The summed E-state index contributed by atoms with van der Waals surface area (Å²) in [5.41, 5.74) is 1.23. The predicted molar refractivity (Wildman–Crippen MR) is 61.2 cm³/mol. The van der Waals surface area contributed by atoms with Crippen LogP contribution in [0.4, 0.5) is 0 Å². The molecule has 0 spiro atoms. The van der Waals surface area contributed by atoms with Gasteiger partial charge in [-0.05, 0) is 25.0 Å². The van der Waals surface area contributed by atoms with Crippen LogP contribution in [0.15, 0.2) is 42.3 Å². The average Bonchev–Trinajstić information content (AvgIpc) is 2.61. The molecule has 2 unspecified atom stereocenters. The monoisotopic (exact) mass is 203 g/mol. The summed E-state index contributed by atoms with van der Waals surface area (Å²) in [6.07, 6.45) is 3.22. The lowest BCUT2D eigenvalue weighted by Crippen LogP contribution is -2.20. The van der Waals surface area contributed by atoms with E-state index >= 15 is 0 Å². The van der Waals surface area contributed by atoms with Gasteiger partial charge in [0.05, 0.1) is 6.04 Å². The molecule has 2 atom stereocenters. The van der Waals surface area contributed by atoms with Gasteiger partial charge >= 0.3 is 0 Å². The highest BCUT2D eigenvalue weighted by molar-refractivity contribution is 5.21. The zero-order chi connectivity index (χ0) is 10.7. The summed E-state index contributed by atoms with van der Waals surface area (Å²) in [7, 11) is 0. The van der Waals surface area contributed by atoms with Crippen LogP contribution in [0.25, 0.3) is 0 Å². The van der Waals surface area contributed by atoms with E-state index in [4.69, 9.17) is 4.74 Å². The fourth-order valence-corrected chi connectivity index (χ4v) is 1.86. The van der Waals surface area contributed by atoms with Crippen LogP contribution in [0.1, 0.15) is 31.9 Å². The van der Waals surface area contributed by atoms with E-state index in [0.29, 0.717) is 6.04 Å². The maximum absolute atomic E-state index is 5.85. The number of nitrogens with one attached hydrogen (secondary N) is 1. The molecular weight excluding hydrogens is 186 g/mol. The molecule has 1 fully saturated rings. The number of hydrogen-bond donors (Lipinski definition) is 1. The summed E-state index contributed by atoms with van der Waals surface area (Å²) in [5.74, 6) is 0.916. The minimum Gasteiger partial charge on any atom is -0.469 e. The van der Waals surface area contributed by atoms with E-state index < -0.39 is 0 Å². The van der Waals surface area contributed by atoms with Crippen molar-refractivity contribution in [1.29, 1.82) is 0 Å². The van der Waals surface area contributed by atoms with Crippen LogP contribution in [0.2, 0.25) is 0 Å². The third kappa shape index (κ3) is 2.14. The van der Waals surface area contributed by atoms with Crippen molar-refractivity contribution in [2.45, 2.75) is 32.4 Å². The highest BCUT2D eigenvalue weighted by Crippen LogP contribution is 2.29. The van der Waals surface area contributed by atoms with Gasteiger partial charge in [0, 0.05) is 0 Å². The first-order valence-corrected chi connectivity index (χ1v) is 5.49. The highest BCUT2D eigenvalue weighted by Gasteiger charge is 2.28. The summed E-state index contributed by atoms with van der Waals surface area (Å²) in [4.78, 5) is 0. The molecule has 1 saturated heterocycles. The van der Waals surface area contributed by atoms with Gasteiger partial charge in [0.1, 0.15) is 6.10 Å². The highest BCUT2D eigenvalue weighted by atomic mass is 16.5. The van der Waals surface area contributed by atoms with Gasteiger partial charge in [0.25, 0.3) is 0 Å². The van der Waals surface area contributed by atoms with Gasteiger partial charge in [0.15, 0.2) is 5.88 Å². The molecule has 1 aliphatic rings. The summed E-state index contributed by atoms with van der Waals surface area (Å²) in [6, 6.07) is 10.7. The Morgan fingerprint density at radius 1 is 1.33 bits per heavy atom. The van der Waals surface area contributed by atoms with Crippen LogP contribution in [-0.2, 0) is 4.74 Å². The Labute approximate surface area is 91.0 Å².